The van der Waals surface area contributed by atoms with E-state index < -0.39 is 5.97 Å². The van der Waals surface area contributed by atoms with Crippen LogP contribution in [0.3, 0.4) is 0 Å². The smallest absolute Gasteiger partial charge is 0.303 e. The Balaban J connectivity index is 1.95. The summed E-state index contributed by atoms with van der Waals surface area (Å²) in [6.07, 6.45) is 1.45. The number of carboxylic acids is 1. The molecular formula is C15H21NO2. The third kappa shape index (κ3) is 2.84. The standard InChI is InChI=1S/C15H21NO2/c1-3-12-9-16(10-12)14-6-4-13(5-7-14)11(2)8-15(17)18/h4-7,11-12H,3,8-10H2,1-2H3,(H,17,18). The topological polar surface area (TPSA) is 40.5 Å². The molecule has 3 nitrogen and oxygen atoms in total. The Morgan fingerprint density at radius 1 is 1.39 bits per heavy atom. The molecule has 18 heavy (non-hydrogen) atoms. The molecule has 1 saturated heterocycles. The van der Waals surface area contributed by atoms with Crippen LogP contribution < -0.4 is 4.90 Å². The van der Waals surface area contributed by atoms with Crippen LogP contribution >= 0.6 is 0 Å². The lowest BCUT2D eigenvalue weighted by molar-refractivity contribution is -0.137. The lowest BCUT2D eigenvalue weighted by Gasteiger charge is -2.40. The van der Waals surface area contributed by atoms with Gasteiger partial charge in [-0.15, -0.1) is 0 Å². The second kappa shape index (κ2) is 5.42. The summed E-state index contributed by atoms with van der Waals surface area (Å²) >= 11 is 0. The molecule has 0 saturated carbocycles. The minimum atomic E-state index is -0.736. The van der Waals surface area contributed by atoms with Crippen molar-refractivity contribution in [2.75, 3.05) is 18.0 Å². The van der Waals surface area contributed by atoms with Crippen LogP contribution in [0.5, 0.6) is 0 Å². The maximum absolute atomic E-state index is 10.7. The van der Waals surface area contributed by atoms with Gasteiger partial charge in [0.15, 0.2) is 0 Å². The summed E-state index contributed by atoms with van der Waals surface area (Å²) in [6, 6.07) is 8.34. The SMILES string of the molecule is CCC1CN(c2ccc(C(C)CC(=O)O)cc2)C1. The first-order valence-corrected chi connectivity index (χ1v) is 6.66. The molecule has 98 valence electrons. The number of hydrogen-bond donors (Lipinski definition) is 1. The third-order valence-electron chi connectivity index (χ3n) is 3.84. The van der Waals surface area contributed by atoms with Crippen LogP contribution in [0.1, 0.15) is 38.2 Å². The average molecular weight is 247 g/mol. The second-order valence-corrected chi connectivity index (χ2v) is 5.27. The third-order valence-corrected chi connectivity index (χ3v) is 3.84. The fraction of sp³-hybridized carbons (Fsp3) is 0.533. The number of benzene rings is 1. The second-order valence-electron chi connectivity index (χ2n) is 5.27. The van der Waals surface area contributed by atoms with Crippen LogP contribution in [0.15, 0.2) is 24.3 Å². The van der Waals surface area contributed by atoms with Crippen LogP contribution in [0.25, 0.3) is 0 Å². The number of rotatable bonds is 5. The quantitative estimate of drug-likeness (QED) is 0.869. The van der Waals surface area contributed by atoms with E-state index in [1.807, 2.05) is 6.92 Å². The summed E-state index contributed by atoms with van der Waals surface area (Å²) in [6.45, 7) is 6.50. The normalized spacial score (nSPS) is 17.3. The zero-order valence-electron chi connectivity index (χ0n) is 11.1. The number of aliphatic carboxylic acids is 1. The van der Waals surface area contributed by atoms with Gasteiger partial charge >= 0.3 is 5.97 Å². The van der Waals surface area contributed by atoms with Gasteiger partial charge in [0, 0.05) is 18.8 Å². The molecule has 0 bridgehead atoms. The molecule has 1 unspecified atom stereocenters. The van der Waals surface area contributed by atoms with E-state index >= 15 is 0 Å². The van der Waals surface area contributed by atoms with Crippen molar-refractivity contribution >= 4 is 11.7 Å². The van der Waals surface area contributed by atoms with Gasteiger partial charge in [0.25, 0.3) is 0 Å². The van der Waals surface area contributed by atoms with E-state index in [2.05, 4.69) is 36.1 Å². The van der Waals surface area contributed by atoms with E-state index in [9.17, 15) is 4.79 Å². The van der Waals surface area contributed by atoms with E-state index in [1.165, 1.54) is 12.1 Å². The first kappa shape index (κ1) is 12.9. The molecule has 1 fully saturated rings. The predicted molar refractivity (Wildman–Crippen MR) is 73.1 cm³/mol. The molecule has 1 aliphatic heterocycles. The van der Waals surface area contributed by atoms with E-state index in [0.717, 1.165) is 24.6 Å². The summed E-state index contributed by atoms with van der Waals surface area (Å²) in [5.41, 5.74) is 2.36. The van der Waals surface area contributed by atoms with Crippen molar-refractivity contribution in [3.05, 3.63) is 29.8 Å². The van der Waals surface area contributed by atoms with Crippen molar-refractivity contribution in [1.82, 2.24) is 0 Å². The summed E-state index contributed by atoms with van der Waals surface area (Å²) in [5.74, 6) is 0.187. The first-order chi connectivity index (χ1) is 8.60. The van der Waals surface area contributed by atoms with Gasteiger partial charge in [0.1, 0.15) is 0 Å². The molecule has 1 aromatic carbocycles. The molecule has 3 heteroatoms. The Kier molecular flexibility index (Phi) is 3.90. The number of nitrogens with zero attached hydrogens (tertiary/aromatic N) is 1. The number of carboxylic acid groups (broad SMARTS) is 1. The Bertz CT molecular complexity index is 407. The van der Waals surface area contributed by atoms with Crippen molar-refractivity contribution in [2.45, 2.75) is 32.6 Å². The highest BCUT2D eigenvalue weighted by Gasteiger charge is 2.24. The van der Waals surface area contributed by atoms with Crippen LogP contribution in [0, 0.1) is 5.92 Å². The van der Waals surface area contributed by atoms with Gasteiger partial charge in [-0.1, -0.05) is 26.0 Å². The maximum atomic E-state index is 10.7. The summed E-state index contributed by atoms with van der Waals surface area (Å²) in [5, 5.41) is 8.78. The summed E-state index contributed by atoms with van der Waals surface area (Å²) in [7, 11) is 0. The zero-order valence-corrected chi connectivity index (χ0v) is 11.1. The Morgan fingerprint density at radius 3 is 2.50 bits per heavy atom. The first-order valence-electron chi connectivity index (χ1n) is 6.66. The van der Waals surface area contributed by atoms with Crippen molar-refractivity contribution in [2.24, 2.45) is 5.92 Å². The molecular weight excluding hydrogens is 226 g/mol. The summed E-state index contributed by atoms with van der Waals surface area (Å²) in [4.78, 5) is 13.0. The highest BCUT2D eigenvalue weighted by molar-refractivity contribution is 5.68. The Morgan fingerprint density at radius 2 is 2.00 bits per heavy atom. The van der Waals surface area contributed by atoms with Crippen molar-refractivity contribution in [3.63, 3.8) is 0 Å². The van der Waals surface area contributed by atoms with Gasteiger partial charge < -0.3 is 10.0 Å². The van der Waals surface area contributed by atoms with Crippen LogP contribution in [-0.2, 0) is 4.79 Å². The molecule has 0 radical (unpaired) electrons. The minimum Gasteiger partial charge on any atom is -0.481 e. The lowest BCUT2D eigenvalue weighted by atomic mass is 9.94. The molecule has 0 aromatic heterocycles. The van der Waals surface area contributed by atoms with Gasteiger partial charge in [-0.25, -0.2) is 0 Å². The van der Waals surface area contributed by atoms with Crippen molar-refractivity contribution in [3.8, 4) is 0 Å². The van der Waals surface area contributed by atoms with Gasteiger partial charge in [0.05, 0.1) is 6.42 Å². The minimum absolute atomic E-state index is 0.0799. The highest BCUT2D eigenvalue weighted by atomic mass is 16.4. The Hall–Kier alpha value is -1.51. The van der Waals surface area contributed by atoms with Gasteiger partial charge in [0.2, 0.25) is 0 Å². The molecule has 1 atom stereocenters. The Labute approximate surface area is 108 Å². The largest absolute Gasteiger partial charge is 0.481 e. The summed E-state index contributed by atoms with van der Waals surface area (Å²) < 4.78 is 0. The molecule has 1 heterocycles. The highest BCUT2D eigenvalue weighted by Crippen LogP contribution is 2.28. The fourth-order valence-electron chi connectivity index (χ4n) is 2.43. The predicted octanol–water partition coefficient (Wildman–Crippen LogP) is 3.11. The van der Waals surface area contributed by atoms with E-state index in [-0.39, 0.29) is 12.3 Å². The molecule has 0 amide bonds. The van der Waals surface area contributed by atoms with E-state index in [0.29, 0.717) is 0 Å². The van der Waals surface area contributed by atoms with Crippen LogP contribution in [-0.4, -0.2) is 24.2 Å². The molecule has 2 rings (SSSR count). The maximum Gasteiger partial charge on any atom is 0.303 e. The lowest BCUT2D eigenvalue weighted by Crippen LogP contribution is -2.46. The van der Waals surface area contributed by atoms with Crippen LogP contribution in [0.2, 0.25) is 0 Å². The number of hydrogen-bond acceptors (Lipinski definition) is 2. The van der Waals surface area contributed by atoms with E-state index in [1.54, 1.807) is 0 Å². The number of carbonyl (C=O) groups is 1. The zero-order chi connectivity index (χ0) is 13.1. The van der Waals surface area contributed by atoms with Gasteiger partial charge in [-0.2, -0.15) is 0 Å². The van der Waals surface area contributed by atoms with E-state index in [4.69, 9.17) is 5.11 Å². The van der Waals surface area contributed by atoms with Crippen LogP contribution in [0.4, 0.5) is 5.69 Å². The van der Waals surface area contributed by atoms with Gasteiger partial charge in [-0.05, 0) is 36.0 Å². The van der Waals surface area contributed by atoms with Gasteiger partial charge in [-0.3, -0.25) is 4.79 Å². The average Bonchev–Trinajstić information content (AvgIpc) is 2.27. The molecule has 1 aliphatic rings. The fourth-order valence-corrected chi connectivity index (χ4v) is 2.43. The molecule has 1 aromatic rings. The monoisotopic (exact) mass is 247 g/mol. The van der Waals surface area contributed by atoms with Crippen molar-refractivity contribution < 1.29 is 9.90 Å². The molecule has 0 spiro atoms. The molecule has 0 aliphatic carbocycles. The number of anilines is 1. The molecule has 1 N–H and O–H groups in total. The van der Waals surface area contributed by atoms with Crippen molar-refractivity contribution in [1.29, 1.82) is 0 Å².